The number of hydrogen-bond donors (Lipinski definition) is 1. The van der Waals surface area contributed by atoms with E-state index in [9.17, 15) is 4.79 Å². The fraction of sp³-hybridized carbons (Fsp3) is 0.591. The highest BCUT2D eigenvalue weighted by Crippen LogP contribution is 2.45. The van der Waals surface area contributed by atoms with Gasteiger partial charge in [0.1, 0.15) is 6.17 Å². The van der Waals surface area contributed by atoms with Crippen molar-refractivity contribution in [3.63, 3.8) is 0 Å². The van der Waals surface area contributed by atoms with Gasteiger partial charge in [0.2, 0.25) is 0 Å². The van der Waals surface area contributed by atoms with Crippen LogP contribution in [0.25, 0.3) is 5.57 Å². The lowest BCUT2D eigenvalue weighted by Crippen LogP contribution is -2.40. The van der Waals surface area contributed by atoms with Crippen molar-refractivity contribution in [3.8, 4) is 0 Å². The van der Waals surface area contributed by atoms with Gasteiger partial charge >= 0.3 is 0 Å². The number of likely N-dealkylation sites (tertiary alicyclic amines) is 1. The zero-order valence-corrected chi connectivity index (χ0v) is 16.1. The number of carbonyl (C=O) groups is 1. The molecule has 2 aliphatic heterocycles. The number of ketones is 1. The van der Waals surface area contributed by atoms with Crippen molar-refractivity contribution in [1.82, 2.24) is 15.1 Å². The Morgan fingerprint density at radius 1 is 1.23 bits per heavy atom. The second-order valence-corrected chi connectivity index (χ2v) is 8.10. The largest absolute Gasteiger partial charge is 0.302 e. The molecule has 0 spiro atoms. The van der Waals surface area contributed by atoms with Gasteiger partial charge in [0.15, 0.2) is 5.78 Å². The number of nitrogens with zero attached hydrogens (tertiary/aromatic N) is 2. The van der Waals surface area contributed by atoms with Crippen molar-refractivity contribution in [3.05, 3.63) is 41.0 Å². The molecule has 2 saturated heterocycles. The molecule has 26 heavy (non-hydrogen) atoms. The molecule has 2 fully saturated rings. The van der Waals surface area contributed by atoms with E-state index < -0.39 is 0 Å². The van der Waals surface area contributed by atoms with E-state index in [4.69, 9.17) is 0 Å². The second kappa shape index (κ2) is 7.63. The summed E-state index contributed by atoms with van der Waals surface area (Å²) in [7, 11) is 2.03. The Bertz CT molecular complexity index is 711. The van der Waals surface area contributed by atoms with Crippen LogP contribution in [0.5, 0.6) is 0 Å². The van der Waals surface area contributed by atoms with Crippen LogP contribution in [0.3, 0.4) is 0 Å². The average molecular weight is 354 g/mol. The van der Waals surface area contributed by atoms with Crippen molar-refractivity contribution < 1.29 is 4.79 Å². The second-order valence-electron chi connectivity index (χ2n) is 8.10. The summed E-state index contributed by atoms with van der Waals surface area (Å²) in [5.41, 5.74) is 6.17. The number of benzene rings is 1. The number of piperidine rings is 1. The minimum atomic E-state index is -0.0457. The Morgan fingerprint density at radius 3 is 2.88 bits per heavy atom. The molecule has 2 unspecified atom stereocenters. The van der Waals surface area contributed by atoms with Crippen molar-refractivity contribution in [1.29, 1.82) is 0 Å². The average Bonchev–Trinajstić information content (AvgIpc) is 3.21. The standard InChI is InChI=1S/C22H31N3O/c1-16-17-7-3-4-8-19(17)20-15-25(13-10-18(16)20)12-6-5-9-21(26)22-23-11-14-24(22)2/h3-4,7-8,20,22-23H,5-6,9-15H2,1-2H3. The minimum Gasteiger partial charge on any atom is -0.302 e. The molecule has 0 aromatic heterocycles. The van der Waals surface area contributed by atoms with Crippen molar-refractivity contribution in [2.24, 2.45) is 0 Å². The maximum absolute atomic E-state index is 12.3. The highest BCUT2D eigenvalue weighted by atomic mass is 16.1. The lowest BCUT2D eigenvalue weighted by Gasteiger charge is -2.33. The van der Waals surface area contributed by atoms with Crippen LogP contribution in [0, 0.1) is 0 Å². The van der Waals surface area contributed by atoms with Crippen LogP contribution >= 0.6 is 0 Å². The van der Waals surface area contributed by atoms with Gasteiger partial charge in [-0.25, -0.2) is 0 Å². The number of likely N-dealkylation sites (N-methyl/N-ethyl adjacent to an activating group) is 1. The van der Waals surface area contributed by atoms with Gasteiger partial charge in [-0.05, 0) is 56.5 Å². The number of fused-ring (bicyclic) bond motifs is 3. The zero-order chi connectivity index (χ0) is 18.1. The number of hydrogen-bond acceptors (Lipinski definition) is 4. The van der Waals surface area contributed by atoms with Crippen LogP contribution in [-0.4, -0.2) is 61.5 Å². The van der Waals surface area contributed by atoms with E-state index in [1.807, 2.05) is 7.05 Å². The molecule has 1 N–H and O–H groups in total. The first-order valence-corrected chi connectivity index (χ1v) is 10.1. The van der Waals surface area contributed by atoms with Gasteiger partial charge in [-0.15, -0.1) is 0 Å². The van der Waals surface area contributed by atoms with Crippen LogP contribution in [0.1, 0.15) is 49.7 Å². The Kier molecular flexibility index (Phi) is 5.25. The monoisotopic (exact) mass is 353 g/mol. The van der Waals surface area contributed by atoms with Crippen LogP contribution in [0.2, 0.25) is 0 Å². The normalized spacial score (nSPS) is 26.2. The summed E-state index contributed by atoms with van der Waals surface area (Å²) in [6.07, 6.45) is 3.97. The van der Waals surface area contributed by atoms with Crippen LogP contribution in [-0.2, 0) is 4.79 Å². The Labute approximate surface area is 157 Å². The van der Waals surface area contributed by atoms with E-state index in [1.54, 1.807) is 5.57 Å². The summed E-state index contributed by atoms with van der Waals surface area (Å²) in [5.74, 6) is 0.951. The summed E-state index contributed by atoms with van der Waals surface area (Å²) in [4.78, 5) is 17.0. The van der Waals surface area contributed by atoms with E-state index in [2.05, 4.69) is 46.3 Å². The summed E-state index contributed by atoms with van der Waals surface area (Å²) >= 11 is 0. The number of nitrogens with one attached hydrogen (secondary N) is 1. The summed E-state index contributed by atoms with van der Waals surface area (Å²) in [5, 5.41) is 3.30. The van der Waals surface area contributed by atoms with Gasteiger partial charge in [-0.2, -0.15) is 0 Å². The molecule has 1 aromatic rings. The molecule has 0 saturated carbocycles. The smallest absolute Gasteiger partial charge is 0.164 e. The summed E-state index contributed by atoms with van der Waals surface area (Å²) < 4.78 is 0. The zero-order valence-electron chi connectivity index (χ0n) is 16.1. The Balaban J connectivity index is 1.26. The predicted molar refractivity (Wildman–Crippen MR) is 106 cm³/mol. The first-order chi connectivity index (χ1) is 12.6. The van der Waals surface area contributed by atoms with Crippen LogP contribution in [0.15, 0.2) is 29.8 Å². The van der Waals surface area contributed by atoms with Crippen molar-refractivity contribution in [2.75, 3.05) is 39.8 Å². The number of Topliss-reactive ketones (excluding diaryl/α,β-unsaturated/α-hetero) is 1. The summed E-state index contributed by atoms with van der Waals surface area (Å²) in [6, 6.07) is 8.92. The Hall–Kier alpha value is -1.49. The molecule has 0 radical (unpaired) electrons. The number of rotatable bonds is 6. The molecule has 1 aliphatic carbocycles. The third-order valence-corrected chi connectivity index (χ3v) is 6.48. The number of allylic oxidation sites excluding steroid dienone is 1. The molecular formula is C22H31N3O. The molecule has 2 heterocycles. The maximum Gasteiger partial charge on any atom is 0.164 e. The SMILES string of the molecule is CC1=C2CCN(CCCCC(=O)C3NCCN3C)CC2c2ccccc21. The van der Waals surface area contributed by atoms with Crippen LogP contribution in [0.4, 0.5) is 0 Å². The molecule has 140 valence electrons. The first kappa shape index (κ1) is 17.9. The third kappa shape index (κ3) is 3.38. The predicted octanol–water partition coefficient (Wildman–Crippen LogP) is 2.86. The molecule has 1 aromatic carbocycles. The summed E-state index contributed by atoms with van der Waals surface area (Å²) in [6.45, 7) is 7.62. The first-order valence-electron chi connectivity index (χ1n) is 10.1. The van der Waals surface area contributed by atoms with Crippen LogP contribution < -0.4 is 5.32 Å². The molecule has 3 aliphatic rings. The molecule has 0 amide bonds. The molecule has 4 heteroatoms. The van der Waals surface area contributed by atoms with E-state index >= 15 is 0 Å². The van der Waals surface area contributed by atoms with Gasteiger partial charge in [0.25, 0.3) is 0 Å². The van der Waals surface area contributed by atoms with E-state index in [-0.39, 0.29) is 6.17 Å². The molecule has 4 nitrogen and oxygen atoms in total. The van der Waals surface area contributed by atoms with Gasteiger partial charge in [-0.1, -0.05) is 29.8 Å². The van der Waals surface area contributed by atoms with E-state index in [0.717, 1.165) is 45.6 Å². The van der Waals surface area contributed by atoms with Gasteiger partial charge in [0.05, 0.1) is 0 Å². The van der Waals surface area contributed by atoms with Gasteiger partial charge < -0.3 is 4.90 Å². The highest BCUT2D eigenvalue weighted by Gasteiger charge is 2.33. The highest BCUT2D eigenvalue weighted by molar-refractivity contribution is 5.83. The molecule has 4 rings (SSSR count). The minimum absolute atomic E-state index is 0.0457. The van der Waals surface area contributed by atoms with E-state index in [1.165, 1.54) is 23.1 Å². The topological polar surface area (TPSA) is 35.6 Å². The Morgan fingerprint density at radius 2 is 2.08 bits per heavy atom. The van der Waals surface area contributed by atoms with Crippen molar-refractivity contribution in [2.45, 2.75) is 44.7 Å². The number of carbonyl (C=O) groups excluding carboxylic acids is 1. The molecule has 0 bridgehead atoms. The third-order valence-electron chi connectivity index (χ3n) is 6.48. The quantitative estimate of drug-likeness (QED) is 0.798. The lowest BCUT2D eigenvalue weighted by molar-refractivity contribution is -0.123. The van der Waals surface area contributed by atoms with E-state index in [0.29, 0.717) is 18.1 Å². The van der Waals surface area contributed by atoms with Gasteiger partial charge in [-0.3, -0.25) is 15.0 Å². The lowest BCUT2D eigenvalue weighted by atomic mass is 9.89. The molecule has 2 atom stereocenters. The maximum atomic E-state index is 12.3. The fourth-order valence-corrected chi connectivity index (χ4v) is 4.96. The number of unbranched alkanes of at least 4 members (excludes halogenated alkanes) is 1. The molecular weight excluding hydrogens is 322 g/mol. The fourth-order valence-electron chi connectivity index (χ4n) is 4.96. The van der Waals surface area contributed by atoms with Gasteiger partial charge in [0, 0.05) is 38.5 Å². The van der Waals surface area contributed by atoms with Crippen molar-refractivity contribution >= 4 is 11.4 Å².